The summed E-state index contributed by atoms with van der Waals surface area (Å²) in [6.45, 7) is 0. The zero-order chi connectivity index (χ0) is 12.3. The van der Waals surface area contributed by atoms with Crippen LogP contribution in [0.3, 0.4) is 0 Å². The van der Waals surface area contributed by atoms with Gasteiger partial charge in [0.1, 0.15) is 5.75 Å². The Morgan fingerprint density at radius 2 is 2.24 bits per heavy atom. The monoisotopic (exact) mass is 235 g/mol. The highest BCUT2D eigenvalue weighted by Crippen LogP contribution is 2.19. The molecule has 1 aliphatic rings. The molecule has 4 N–H and O–H groups in total. The van der Waals surface area contributed by atoms with Crippen molar-refractivity contribution < 1.29 is 9.53 Å². The third-order valence-corrected chi connectivity index (χ3v) is 2.84. The molecule has 17 heavy (non-hydrogen) atoms. The second-order valence-corrected chi connectivity index (χ2v) is 4.26. The van der Waals surface area contributed by atoms with Gasteiger partial charge in [0.2, 0.25) is 0 Å². The number of methoxy groups -OCH3 is 1. The Morgan fingerprint density at radius 1 is 1.47 bits per heavy atom. The molecule has 5 nitrogen and oxygen atoms in total. The van der Waals surface area contributed by atoms with Crippen LogP contribution in [0.25, 0.3) is 0 Å². The smallest absolute Gasteiger partial charge is 0.319 e. The molecule has 0 atom stereocenters. The number of nitrogens with one attached hydrogen (secondary N) is 2. The number of ether oxygens (including phenoxy) is 1. The standard InChI is InChI=1S/C12H17N3O2/c1-17-11-4-2-3-9(7-11)14-12(16)15-10-5-8(13)6-10/h2-4,7-8,10H,5-6,13H2,1H3,(H2,14,15,16). The normalized spacial score (nSPS) is 22.5. The van der Waals surface area contributed by atoms with E-state index >= 15 is 0 Å². The molecule has 0 bridgehead atoms. The van der Waals surface area contributed by atoms with Crippen molar-refractivity contribution in [2.24, 2.45) is 5.73 Å². The lowest BCUT2D eigenvalue weighted by molar-refractivity contribution is 0.234. The quantitative estimate of drug-likeness (QED) is 0.739. The Kier molecular flexibility index (Phi) is 3.49. The third-order valence-electron chi connectivity index (χ3n) is 2.84. The lowest BCUT2D eigenvalue weighted by Crippen LogP contribution is -2.51. The molecule has 0 heterocycles. The number of hydrogen-bond donors (Lipinski definition) is 3. The van der Waals surface area contributed by atoms with Gasteiger partial charge in [-0.1, -0.05) is 6.07 Å². The number of rotatable bonds is 3. The Hall–Kier alpha value is -1.75. The molecule has 0 aromatic heterocycles. The summed E-state index contributed by atoms with van der Waals surface area (Å²) in [6, 6.07) is 7.48. The van der Waals surface area contributed by atoms with E-state index in [1.807, 2.05) is 18.2 Å². The molecule has 1 saturated carbocycles. The molecule has 0 radical (unpaired) electrons. The van der Waals surface area contributed by atoms with Gasteiger partial charge in [-0.3, -0.25) is 0 Å². The topological polar surface area (TPSA) is 76.4 Å². The first-order valence-electron chi connectivity index (χ1n) is 5.64. The van der Waals surface area contributed by atoms with Gasteiger partial charge >= 0.3 is 6.03 Å². The van der Waals surface area contributed by atoms with Gasteiger partial charge in [-0.05, 0) is 25.0 Å². The molecule has 1 aromatic rings. The number of carbonyl (C=O) groups excluding carboxylic acids is 1. The average molecular weight is 235 g/mol. The summed E-state index contributed by atoms with van der Waals surface area (Å²) in [5.74, 6) is 0.716. The summed E-state index contributed by atoms with van der Waals surface area (Å²) in [6.07, 6.45) is 1.71. The van der Waals surface area contributed by atoms with E-state index < -0.39 is 0 Å². The van der Waals surface area contributed by atoms with E-state index in [0.717, 1.165) is 12.8 Å². The Morgan fingerprint density at radius 3 is 2.88 bits per heavy atom. The summed E-state index contributed by atoms with van der Waals surface area (Å²) < 4.78 is 5.08. The zero-order valence-corrected chi connectivity index (χ0v) is 9.77. The maximum absolute atomic E-state index is 11.6. The minimum Gasteiger partial charge on any atom is -0.497 e. The third kappa shape index (κ3) is 3.10. The molecule has 0 saturated heterocycles. The highest BCUT2D eigenvalue weighted by molar-refractivity contribution is 5.89. The van der Waals surface area contributed by atoms with Gasteiger partial charge in [0.25, 0.3) is 0 Å². The van der Waals surface area contributed by atoms with Gasteiger partial charge in [-0.25, -0.2) is 4.79 Å². The second-order valence-electron chi connectivity index (χ2n) is 4.26. The minimum atomic E-state index is -0.199. The molecule has 0 unspecified atom stereocenters. The number of urea groups is 1. The zero-order valence-electron chi connectivity index (χ0n) is 9.77. The van der Waals surface area contributed by atoms with Crippen molar-refractivity contribution in [1.29, 1.82) is 0 Å². The van der Waals surface area contributed by atoms with Gasteiger partial charge in [-0.2, -0.15) is 0 Å². The summed E-state index contributed by atoms with van der Waals surface area (Å²) in [7, 11) is 1.59. The lowest BCUT2D eigenvalue weighted by atomic mass is 9.88. The largest absolute Gasteiger partial charge is 0.497 e. The number of amides is 2. The molecule has 0 aliphatic heterocycles. The number of carbonyl (C=O) groups is 1. The van der Waals surface area contributed by atoms with Gasteiger partial charge in [-0.15, -0.1) is 0 Å². The summed E-state index contributed by atoms with van der Waals surface area (Å²) >= 11 is 0. The van der Waals surface area contributed by atoms with Crippen molar-refractivity contribution in [3.63, 3.8) is 0 Å². The van der Waals surface area contributed by atoms with E-state index in [4.69, 9.17) is 10.5 Å². The van der Waals surface area contributed by atoms with Crippen LogP contribution in [0.1, 0.15) is 12.8 Å². The van der Waals surface area contributed by atoms with Gasteiger partial charge in [0.15, 0.2) is 0 Å². The first-order chi connectivity index (χ1) is 8.17. The van der Waals surface area contributed by atoms with Crippen LogP contribution in [-0.2, 0) is 0 Å². The number of benzene rings is 1. The molecule has 2 amide bonds. The van der Waals surface area contributed by atoms with Crippen molar-refractivity contribution in [3.05, 3.63) is 24.3 Å². The van der Waals surface area contributed by atoms with Gasteiger partial charge < -0.3 is 21.1 Å². The van der Waals surface area contributed by atoms with Gasteiger partial charge in [0.05, 0.1) is 7.11 Å². The molecule has 5 heteroatoms. The highest BCUT2D eigenvalue weighted by atomic mass is 16.5. The van der Waals surface area contributed by atoms with Crippen molar-refractivity contribution >= 4 is 11.7 Å². The van der Waals surface area contributed by atoms with E-state index in [1.54, 1.807) is 13.2 Å². The first kappa shape index (κ1) is 11.7. The predicted octanol–water partition coefficient (Wildman–Crippen LogP) is 1.31. The molecule has 0 spiro atoms. The fourth-order valence-electron chi connectivity index (χ4n) is 1.83. The average Bonchev–Trinajstić information content (AvgIpc) is 2.27. The molecule has 1 aliphatic carbocycles. The molecule has 1 fully saturated rings. The second kappa shape index (κ2) is 5.05. The minimum absolute atomic E-state index is 0.199. The molecular formula is C12H17N3O2. The van der Waals surface area contributed by atoms with Crippen molar-refractivity contribution in [2.45, 2.75) is 24.9 Å². The van der Waals surface area contributed by atoms with E-state index in [2.05, 4.69) is 10.6 Å². The first-order valence-corrected chi connectivity index (χ1v) is 5.64. The van der Waals surface area contributed by atoms with Crippen molar-refractivity contribution in [1.82, 2.24) is 5.32 Å². The fraction of sp³-hybridized carbons (Fsp3) is 0.417. The van der Waals surface area contributed by atoms with Crippen molar-refractivity contribution in [2.75, 3.05) is 12.4 Å². The van der Waals surface area contributed by atoms with Crippen LogP contribution in [0.4, 0.5) is 10.5 Å². The fourth-order valence-corrected chi connectivity index (χ4v) is 1.83. The lowest BCUT2D eigenvalue weighted by Gasteiger charge is -2.32. The predicted molar refractivity (Wildman–Crippen MR) is 66.1 cm³/mol. The van der Waals surface area contributed by atoms with Crippen LogP contribution in [0.5, 0.6) is 5.75 Å². The van der Waals surface area contributed by atoms with Crippen LogP contribution in [0.2, 0.25) is 0 Å². The SMILES string of the molecule is COc1cccc(NC(=O)NC2CC(N)C2)c1. The number of nitrogens with two attached hydrogens (primary N) is 1. The Balaban J connectivity index is 1.85. The van der Waals surface area contributed by atoms with E-state index in [-0.39, 0.29) is 18.1 Å². The molecule has 1 aromatic carbocycles. The van der Waals surface area contributed by atoms with Crippen LogP contribution >= 0.6 is 0 Å². The van der Waals surface area contributed by atoms with Crippen LogP contribution < -0.4 is 21.1 Å². The highest BCUT2D eigenvalue weighted by Gasteiger charge is 2.26. The molecule has 2 rings (SSSR count). The van der Waals surface area contributed by atoms with Crippen LogP contribution in [0, 0.1) is 0 Å². The van der Waals surface area contributed by atoms with Gasteiger partial charge in [0, 0.05) is 23.8 Å². The summed E-state index contributed by atoms with van der Waals surface area (Å²) in [5.41, 5.74) is 6.36. The number of anilines is 1. The van der Waals surface area contributed by atoms with Crippen LogP contribution in [0.15, 0.2) is 24.3 Å². The Labute approximate surface area is 100 Å². The van der Waals surface area contributed by atoms with Crippen LogP contribution in [-0.4, -0.2) is 25.2 Å². The van der Waals surface area contributed by atoms with Crippen molar-refractivity contribution in [3.8, 4) is 5.75 Å². The summed E-state index contributed by atoms with van der Waals surface area (Å²) in [5, 5.41) is 5.62. The molecular weight excluding hydrogens is 218 g/mol. The summed E-state index contributed by atoms with van der Waals surface area (Å²) in [4.78, 5) is 11.6. The van der Waals surface area contributed by atoms with E-state index in [1.165, 1.54) is 0 Å². The molecule has 92 valence electrons. The van der Waals surface area contributed by atoms with E-state index in [0.29, 0.717) is 11.4 Å². The van der Waals surface area contributed by atoms with E-state index in [9.17, 15) is 4.79 Å². The maximum atomic E-state index is 11.6. The maximum Gasteiger partial charge on any atom is 0.319 e. The Bertz CT molecular complexity index is 402. The number of hydrogen-bond acceptors (Lipinski definition) is 3.